The molecule has 0 spiro atoms. The summed E-state index contributed by atoms with van der Waals surface area (Å²) in [7, 11) is 0. The van der Waals surface area contributed by atoms with Gasteiger partial charge in [-0.3, -0.25) is 4.79 Å². The highest BCUT2D eigenvalue weighted by molar-refractivity contribution is 5.98. The Balaban J connectivity index is 2.91. The van der Waals surface area contributed by atoms with Gasteiger partial charge in [-0.2, -0.15) is 0 Å². The van der Waals surface area contributed by atoms with Crippen molar-refractivity contribution in [2.24, 2.45) is 5.73 Å². The molecule has 14 heavy (non-hydrogen) atoms. The highest BCUT2D eigenvalue weighted by Crippen LogP contribution is 2.14. The summed E-state index contributed by atoms with van der Waals surface area (Å²) in [6.45, 7) is 3.82. The first-order chi connectivity index (χ1) is 6.61. The Morgan fingerprint density at radius 2 is 2.14 bits per heavy atom. The molecule has 0 bridgehead atoms. The van der Waals surface area contributed by atoms with Gasteiger partial charge in [0.05, 0.1) is 5.52 Å². The Labute approximate surface area is 81.4 Å². The summed E-state index contributed by atoms with van der Waals surface area (Å²) >= 11 is 0. The molecule has 0 aromatic carbocycles. The first kappa shape index (κ1) is 8.74. The molecular weight excluding hydrogens is 178 g/mol. The standard InChI is InChI=1S/C10H11N3O/c1-6-4-3-5-8-9(10(11)14)12-7(2)13(6)8/h3-5H,1-2H3,(H2,11,14). The second-order valence-corrected chi connectivity index (χ2v) is 3.26. The van der Waals surface area contributed by atoms with E-state index in [4.69, 9.17) is 5.73 Å². The van der Waals surface area contributed by atoms with Crippen LogP contribution < -0.4 is 5.73 Å². The predicted octanol–water partition coefficient (Wildman–Crippen LogP) is 1.05. The van der Waals surface area contributed by atoms with Crippen molar-refractivity contribution >= 4 is 11.4 Å². The summed E-state index contributed by atoms with van der Waals surface area (Å²) in [6, 6.07) is 5.69. The third kappa shape index (κ3) is 1.08. The number of primary amides is 1. The summed E-state index contributed by atoms with van der Waals surface area (Å²) in [5.74, 6) is 0.299. The summed E-state index contributed by atoms with van der Waals surface area (Å²) in [4.78, 5) is 15.2. The van der Waals surface area contributed by atoms with Gasteiger partial charge in [-0.25, -0.2) is 4.98 Å². The fourth-order valence-electron chi connectivity index (χ4n) is 1.68. The summed E-state index contributed by atoms with van der Waals surface area (Å²) < 4.78 is 1.92. The van der Waals surface area contributed by atoms with Gasteiger partial charge in [-0.15, -0.1) is 0 Å². The number of aryl methyl sites for hydroxylation is 2. The van der Waals surface area contributed by atoms with Gasteiger partial charge < -0.3 is 10.1 Å². The van der Waals surface area contributed by atoms with Crippen LogP contribution in [0.15, 0.2) is 18.2 Å². The molecule has 0 aliphatic heterocycles. The van der Waals surface area contributed by atoms with Gasteiger partial charge in [0.1, 0.15) is 5.82 Å². The van der Waals surface area contributed by atoms with Crippen LogP contribution in [0.5, 0.6) is 0 Å². The zero-order valence-corrected chi connectivity index (χ0v) is 8.11. The van der Waals surface area contributed by atoms with E-state index in [-0.39, 0.29) is 0 Å². The van der Waals surface area contributed by atoms with E-state index in [1.54, 1.807) is 0 Å². The van der Waals surface area contributed by atoms with E-state index in [0.717, 1.165) is 17.0 Å². The zero-order chi connectivity index (χ0) is 10.3. The largest absolute Gasteiger partial charge is 0.364 e. The molecule has 0 fully saturated rings. The number of pyridine rings is 1. The van der Waals surface area contributed by atoms with Crippen molar-refractivity contribution in [3.8, 4) is 0 Å². The smallest absolute Gasteiger partial charge is 0.269 e. The van der Waals surface area contributed by atoms with Gasteiger partial charge in [-0.05, 0) is 26.0 Å². The lowest BCUT2D eigenvalue weighted by Crippen LogP contribution is -2.11. The van der Waals surface area contributed by atoms with Gasteiger partial charge in [0.25, 0.3) is 5.91 Å². The number of imidazole rings is 1. The normalized spacial score (nSPS) is 10.7. The van der Waals surface area contributed by atoms with Gasteiger partial charge in [0, 0.05) is 5.69 Å². The third-order valence-corrected chi connectivity index (χ3v) is 2.26. The van der Waals surface area contributed by atoms with Crippen molar-refractivity contribution in [3.63, 3.8) is 0 Å². The molecule has 4 nitrogen and oxygen atoms in total. The molecule has 2 aromatic heterocycles. The molecule has 2 aromatic rings. The minimum atomic E-state index is -0.485. The van der Waals surface area contributed by atoms with Crippen LogP contribution in [0.1, 0.15) is 22.0 Å². The van der Waals surface area contributed by atoms with Crippen LogP contribution in [-0.2, 0) is 0 Å². The molecule has 2 rings (SSSR count). The third-order valence-electron chi connectivity index (χ3n) is 2.26. The van der Waals surface area contributed by atoms with Gasteiger partial charge in [0.2, 0.25) is 0 Å². The first-order valence-corrected chi connectivity index (χ1v) is 4.35. The number of fused-ring (bicyclic) bond motifs is 1. The number of hydrogen-bond acceptors (Lipinski definition) is 2. The van der Waals surface area contributed by atoms with Crippen LogP contribution in [-0.4, -0.2) is 15.3 Å². The number of aromatic nitrogens is 2. The van der Waals surface area contributed by atoms with E-state index in [9.17, 15) is 4.79 Å². The Hall–Kier alpha value is -1.84. The van der Waals surface area contributed by atoms with Crippen molar-refractivity contribution in [1.29, 1.82) is 0 Å². The van der Waals surface area contributed by atoms with Gasteiger partial charge in [0.15, 0.2) is 5.69 Å². The minimum absolute atomic E-state index is 0.339. The SMILES string of the molecule is Cc1cccc2c(C(N)=O)nc(C)n12. The molecule has 0 aliphatic carbocycles. The van der Waals surface area contributed by atoms with E-state index in [1.807, 2.05) is 36.4 Å². The highest BCUT2D eigenvalue weighted by Gasteiger charge is 2.12. The zero-order valence-electron chi connectivity index (χ0n) is 8.11. The minimum Gasteiger partial charge on any atom is -0.364 e. The second-order valence-electron chi connectivity index (χ2n) is 3.26. The molecule has 0 atom stereocenters. The monoisotopic (exact) mass is 189 g/mol. The summed E-state index contributed by atoms with van der Waals surface area (Å²) in [5, 5.41) is 0. The molecule has 0 unspecified atom stereocenters. The Bertz CT molecular complexity index is 513. The van der Waals surface area contributed by atoms with Crippen LogP contribution in [0, 0.1) is 13.8 Å². The lowest BCUT2D eigenvalue weighted by atomic mass is 10.3. The van der Waals surface area contributed by atoms with E-state index >= 15 is 0 Å². The maximum Gasteiger partial charge on any atom is 0.269 e. The van der Waals surface area contributed by atoms with Crippen LogP contribution in [0.25, 0.3) is 5.52 Å². The highest BCUT2D eigenvalue weighted by atomic mass is 16.1. The maximum atomic E-state index is 11.1. The average Bonchev–Trinajstić information content (AvgIpc) is 2.45. The fourth-order valence-corrected chi connectivity index (χ4v) is 1.68. The molecule has 2 N–H and O–H groups in total. The quantitative estimate of drug-likeness (QED) is 0.728. The van der Waals surface area contributed by atoms with E-state index in [0.29, 0.717) is 5.69 Å². The van der Waals surface area contributed by atoms with Gasteiger partial charge in [-0.1, -0.05) is 6.07 Å². The lowest BCUT2D eigenvalue weighted by molar-refractivity contribution is 0.0997. The number of carbonyl (C=O) groups is 1. The average molecular weight is 189 g/mol. The van der Waals surface area contributed by atoms with Crippen molar-refractivity contribution in [3.05, 3.63) is 35.4 Å². The van der Waals surface area contributed by atoms with Crippen LogP contribution in [0.2, 0.25) is 0 Å². The topological polar surface area (TPSA) is 60.4 Å². The van der Waals surface area contributed by atoms with E-state index in [1.165, 1.54) is 0 Å². The Morgan fingerprint density at radius 3 is 2.79 bits per heavy atom. The number of carbonyl (C=O) groups excluding carboxylic acids is 1. The molecule has 0 aliphatic rings. The molecular formula is C10H11N3O. The second kappa shape index (κ2) is 2.83. The maximum absolute atomic E-state index is 11.1. The molecule has 4 heteroatoms. The van der Waals surface area contributed by atoms with Crippen molar-refractivity contribution < 1.29 is 4.79 Å². The Kier molecular flexibility index (Phi) is 1.77. The van der Waals surface area contributed by atoms with Crippen LogP contribution in [0.3, 0.4) is 0 Å². The number of nitrogens with two attached hydrogens (primary N) is 1. The number of amides is 1. The summed E-state index contributed by atoms with van der Waals surface area (Å²) in [5.41, 5.74) is 7.38. The molecule has 2 heterocycles. The molecule has 72 valence electrons. The van der Waals surface area contributed by atoms with Crippen molar-refractivity contribution in [1.82, 2.24) is 9.38 Å². The van der Waals surface area contributed by atoms with E-state index in [2.05, 4.69) is 4.98 Å². The summed E-state index contributed by atoms with van der Waals surface area (Å²) in [6.07, 6.45) is 0. The van der Waals surface area contributed by atoms with Gasteiger partial charge >= 0.3 is 0 Å². The molecule has 0 radical (unpaired) electrons. The first-order valence-electron chi connectivity index (χ1n) is 4.35. The number of nitrogens with zero attached hydrogens (tertiary/aromatic N) is 2. The fraction of sp³-hybridized carbons (Fsp3) is 0.200. The number of rotatable bonds is 1. The Morgan fingerprint density at radius 1 is 1.43 bits per heavy atom. The van der Waals surface area contributed by atoms with Crippen molar-refractivity contribution in [2.75, 3.05) is 0 Å². The van der Waals surface area contributed by atoms with Crippen LogP contribution >= 0.6 is 0 Å². The molecule has 0 saturated carbocycles. The lowest BCUT2D eigenvalue weighted by Gasteiger charge is -2.00. The number of hydrogen-bond donors (Lipinski definition) is 1. The van der Waals surface area contributed by atoms with Crippen LogP contribution in [0.4, 0.5) is 0 Å². The van der Waals surface area contributed by atoms with Crippen molar-refractivity contribution in [2.45, 2.75) is 13.8 Å². The molecule has 0 saturated heterocycles. The van der Waals surface area contributed by atoms with E-state index < -0.39 is 5.91 Å². The predicted molar refractivity (Wildman–Crippen MR) is 53.2 cm³/mol. The molecule has 1 amide bonds.